The third kappa shape index (κ3) is 4.67. The zero-order valence-electron chi connectivity index (χ0n) is 13.0. The van der Waals surface area contributed by atoms with Crippen molar-refractivity contribution in [3.63, 3.8) is 0 Å². The molecule has 8 heteroatoms. The van der Waals surface area contributed by atoms with Gasteiger partial charge in [0.05, 0.1) is 12.2 Å². The van der Waals surface area contributed by atoms with Gasteiger partial charge >= 0.3 is 6.03 Å². The zero-order valence-corrected chi connectivity index (χ0v) is 13.8. The number of carbonyl (C=O) groups excluding carboxylic acids is 1. The summed E-state index contributed by atoms with van der Waals surface area (Å²) in [5.41, 5.74) is 0.749. The number of imidazole rings is 1. The van der Waals surface area contributed by atoms with Gasteiger partial charge < -0.3 is 20.1 Å². The number of hydrogen-bond donors (Lipinski definition) is 2. The second-order valence-corrected chi connectivity index (χ2v) is 5.56. The van der Waals surface area contributed by atoms with Gasteiger partial charge in [0, 0.05) is 36.6 Å². The number of anilines is 1. The van der Waals surface area contributed by atoms with E-state index in [4.69, 9.17) is 11.6 Å². The minimum absolute atomic E-state index is 0.107. The van der Waals surface area contributed by atoms with E-state index in [0.29, 0.717) is 24.7 Å². The Morgan fingerprint density at radius 2 is 2.22 bits per heavy atom. The van der Waals surface area contributed by atoms with Gasteiger partial charge in [0.25, 0.3) is 0 Å². The fourth-order valence-electron chi connectivity index (χ4n) is 2.05. The normalized spacial score (nSPS) is 10.8. The smallest absolute Gasteiger partial charge is 0.319 e. The van der Waals surface area contributed by atoms with E-state index in [1.54, 1.807) is 23.0 Å². The van der Waals surface area contributed by atoms with Gasteiger partial charge in [-0.1, -0.05) is 0 Å². The Balaban J connectivity index is 2.16. The van der Waals surface area contributed by atoms with Gasteiger partial charge in [-0.25, -0.2) is 14.2 Å². The third-order valence-corrected chi connectivity index (χ3v) is 3.22. The summed E-state index contributed by atoms with van der Waals surface area (Å²) >= 11 is 5.48. The Bertz CT molecular complexity index is 674. The summed E-state index contributed by atoms with van der Waals surface area (Å²) in [5.74, 6) is 0.576. The standard InChI is InChI=1S/C15H19ClFN5O/c1-21(2)10-14-18-7-8-22(14)11-3-4-13(12(17)9-11)20-15(23)19-6-5-16/h3-4,7-9H,5-6,10H2,1-2H3,(H2,19,20,23). The van der Waals surface area contributed by atoms with Crippen molar-refractivity contribution < 1.29 is 9.18 Å². The minimum atomic E-state index is -0.520. The highest BCUT2D eigenvalue weighted by atomic mass is 35.5. The van der Waals surface area contributed by atoms with E-state index < -0.39 is 11.8 Å². The van der Waals surface area contributed by atoms with E-state index in [1.165, 1.54) is 12.1 Å². The van der Waals surface area contributed by atoms with Gasteiger partial charge in [-0.15, -0.1) is 11.6 Å². The van der Waals surface area contributed by atoms with E-state index in [9.17, 15) is 9.18 Å². The molecule has 2 aromatic rings. The van der Waals surface area contributed by atoms with Crippen molar-refractivity contribution >= 4 is 23.3 Å². The summed E-state index contributed by atoms with van der Waals surface area (Å²) in [4.78, 5) is 17.8. The van der Waals surface area contributed by atoms with Crippen LogP contribution in [0.1, 0.15) is 5.82 Å². The molecule has 1 heterocycles. The maximum atomic E-state index is 14.2. The first kappa shape index (κ1) is 17.2. The van der Waals surface area contributed by atoms with Gasteiger partial charge in [0.1, 0.15) is 11.6 Å². The van der Waals surface area contributed by atoms with Crippen molar-refractivity contribution in [1.82, 2.24) is 19.8 Å². The van der Waals surface area contributed by atoms with E-state index >= 15 is 0 Å². The van der Waals surface area contributed by atoms with Gasteiger partial charge in [-0.2, -0.15) is 0 Å². The molecular formula is C15H19ClFN5O. The summed E-state index contributed by atoms with van der Waals surface area (Å²) in [7, 11) is 3.87. The van der Waals surface area contributed by atoms with Crippen molar-refractivity contribution in [1.29, 1.82) is 0 Å². The summed E-state index contributed by atoms with van der Waals surface area (Å²) < 4.78 is 16.0. The van der Waals surface area contributed by atoms with Crippen molar-refractivity contribution in [2.75, 3.05) is 31.8 Å². The summed E-state index contributed by atoms with van der Waals surface area (Å²) in [5, 5.41) is 4.96. The molecule has 0 aliphatic heterocycles. The Hall–Kier alpha value is -2.12. The fraction of sp³-hybridized carbons (Fsp3) is 0.333. The molecule has 2 rings (SSSR count). The molecule has 0 radical (unpaired) electrons. The maximum Gasteiger partial charge on any atom is 0.319 e. The average Bonchev–Trinajstić information content (AvgIpc) is 2.94. The Morgan fingerprint density at radius 3 is 2.87 bits per heavy atom. The number of nitrogens with one attached hydrogen (secondary N) is 2. The molecule has 1 aromatic heterocycles. The summed E-state index contributed by atoms with van der Waals surface area (Å²) in [6.45, 7) is 0.950. The first-order valence-electron chi connectivity index (χ1n) is 7.09. The Labute approximate surface area is 139 Å². The summed E-state index contributed by atoms with van der Waals surface area (Å²) in [6.07, 6.45) is 3.44. The molecule has 23 heavy (non-hydrogen) atoms. The molecule has 0 fully saturated rings. The number of alkyl halides is 1. The number of nitrogens with zero attached hydrogens (tertiary/aromatic N) is 3. The largest absolute Gasteiger partial charge is 0.337 e. The molecule has 0 aliphatic carbocycles. The second kappa shape index (κ2) is 7.94. The van der Waals surface area contributed by atoms with Crippen LogP contribution in [-0.4, -0.2) is 47.0 Å². The lowest BCUT2D eigenvalue weighted by molar-refractivity contribution is 0.252. The number of hydrogen-bond acceptors (Lipinski definition) is 3. The van der Waals surface area contributed by atoms with Gasteiger partial charge in [-0.05, 0) is 26.2 Å². The van der Waals surface area contributed by atoms with E-state index in [1.807, 2.05) is 19.0 Å². The lowest BCUT2D eigenvalue weighted by Crippen LogP contribution is -2.30. The van der Waals surface area contributed by atoms with E-state index in [0.717, 1.165) is 5.82 Å². The first-order chi connectivity index (χ1) is 11.0. The van der Waals surface area contributed by atoms with Crippen molar-refractivity contribution in [2.24, 2.45) is 0 Å². The molecule has 1 aromatic carbocycles. The van der Waals surface area contributed by atoms with Crippen LogP contribution in [0.5, 0.6) is 0 Å². The highest BCUT2D eigenvalue weighted by Gasteiger charge is 2.11. The van der Waals surface area contributed by atoms with Crippen molar-refractivity contribution in [3.8, 4) is 5.69 Å². The molecule has 0 spiro atoms. The molecule has 6 nitrogen and oxygen atoms in total. The van der Waals surface area contributed by atoms with Gasteiger partial charge in [0.2, 0.25) is 0 Å². The molecule has 0 saturated heterocycles. The Kier molecular flexibility index (Phi) is 5.95. The van der Waals surface area contributed by atoms with Crippen LogP contribution in [0.25, 0.3) is 5.69 Å². The summed E-state index contributed by atoms with van der Waals surface area (Å²) in [6, 6.07) is 4.11. The lowest BCUT2D eigenvalue weighted by Gasteiger charge is -2.13. The number of carbonyl (C=O) groups is 1. The number of halogens is 2. The Morgan fingerprint density at radius 1 is 1.43 bits per heavy atom. The molecule has 2 N–H and O–H groups in total. The molecule has 0 saturated carbocycles. The van der Waals surface area contributed by atoms with Gasteiger partial charge in [0.15, 0.2) is 0 Å². The SMILES string of the molecule is CN(C)Cc1nccn1-c1ccc(NC(=O)NCCCl)c(F)c1. The molecule has 0 bridgehead atoms. The molecular weight excluding hydrogens is 321 g/mol. The maximum absolute atomic E-state index is 14.2. The monoisotopic (exact) mass is 339 g/mol. The highest BCUT2D eigenvalue weighted by molar-refractivity contribution is 6.18. The predicted molar refractivity (Wildman–Crippen MR) is 88.7 cm³/mol. The highest BCUT2D eigenvalue weighted by Crippen LogP contribution is 2.19. The van der Waals surface area contributed by atoms with Gasteiger partial charge in [-0.3, -0.25) is 0 Å². The predicted octanol–water partition coefficient (Wildman–Crippen LogP) is 2.43. The second-order valence-electron chi connectivity index (χ2n) is 5.19. The van der Waals surface area contributed by atoms with Crippen molar-refractivity contribution in [3.05, 3.63) is 42.2 Å². The zero-order chi connectivity index (χ0) is 16.8. The van der Waals surface area contributed by atoms with Crippen LogP contribution in [-0.2, 0) is 6.54 Å². The molecule has 2 amide bonds. The van der Waals surface area contributed by atoms with Crippen LogP contribution in [0.15, 0.2) is 30.6 Å². The lowest BCUT2D eigenvalue weighted by atomic mass is 10.2. The quantitative estimate of drug-likeness (QED) is 0.795. The van der Waals surface area contributed by atoms with Crippen LogP contribution in [0.4, 0.5) is 14.9 Å². The minimum Gasteiger partial charge on any atom is -0.337 e. The van der Waals surface area contributed by atoms with Crippen LogP contribution < -0.4 is 10.6 Å². The fourth-order valence-corrected chi connectivity index (χ4v) is 2.15. The molecule has 0 atom stereocenters. The van der Waals surface area contributed by atoms with Crippen LogP contribution in [0.3, 0.4) is 0 Å². The van der Waals surface area contributed by atoms with Crippen LogP contribution in [0.2, 0.25) is 0 Å². The number of urea groups is 1. The van der Waals surface area contributed by atoms with Crippen LogP contribution in [0, 0.1) is 5.82 Å². The van der Waals surface area contributed by atoms with Crippen LogP contribution >= 0.6 is 11.6 Å². The number of rotatable bonds is 6. The van der Waals surface area contributed by atoms with Crippen molar-refractivity contribution in [2.45, 2.75) is 6.54 Å². The first-order valence-corrected chi connectivity index (χ1v) is 7.62. The molecule has 124 valence electrons. The molecule has 0 unspecified atom stereocenters. The third-order valence-electron chi connectivity index (χ3n) is 3.03. The topological polar surface area (TPSA) is 62.2 Å². The number of aromatic nitrogens is 2. The molecule has 0 aliphatic rings. The van der Waals surface area contributed by atoms with E-state index in [2.05, 4.69) is 15.6 Å². The number of benzene rings is 1. The average molecular weight is 340 g/mol. The van der Waals surface area contributed by atoms with E-state index in [-0.39, 0.29) is 5.69 Å². The number of amides is 2.